The second-order valence-electron chi connectivity index (χ2n) is 3.95. The predicted molar refractivity (Wildman–Crippen MR) is 70.5 cm³/mol. The van der Waals surface area contributed by atoms with Crippen LogP contribution in [-0.4, -0.2) is 5.75 Å². The summed E-state index contributed by atoms with van der Waals surface area (Å²) in [5, 5.41) is 0. The SMILES string of the molecule is CCCCCCSc1ccc(C)cc1N. The fourth-order valence-corrected chi connectivity index (χ4v) is 2.47. The minimum atomic E-state index is 0.926. The molecule has 0 aliphatic rings. The van der Waals surface area contributed by atoms with E-state index in [1.54, 1.807) is 0 Å². The Balaban J connectivity index is 2.31. The summed E-state index contributed by atoms with van der Waals surface area (Å²) in [4.78, 5) is 1.23. The van der Waals surface area contributed by atoms with Crippen molar-refractivity contribution >= 4 is 17.4 Å². The van der Waals surface area contributed by atoms with E-state index < -0.39 is 0 Å². The van der Waals surface area contributed by atoms with Gasteiger partial charge in [0.2, 0.25) is 0 Å². The van der Waals surface area contributed by atoms with Crippen molar-refractivity contribution in [2.45, 2.75) is 44.4 Å². The maximum Gasteiger partial charge on any atom is 0.0454 e. The highest BCUT2D eigenvalue weighted by atomic mass is 32.2. The molecule has 0 saturated carbocycles. The number of rotatable bonds is 6. The Kier molecular flexibility index (Phi) is 5.62. The molecule has 0 atom stereocenters. The molecule has 0 bridgehead atoms. The third kappa shape index (κ3) is 4.61. The maximum absolute atomic E-state index is 5.94. The van der Waals surface area contributed by atoms with Crippen molar-refractivity contribution in [3.05, 3.63) is 23.8 Å². The average molecular weight is 223 g/mol. The van der Waals surface area contributed by atoms with Crippen LogP contribution in [0.1, 0.15) is 38.2 Å². The molecule has 0 saturated heterocycles. The molecule has 1 aromatic carbocycles. The third-order valence-electron chi connectivity index (χ3n) is 2.42. The zero-order valence-electron chi connectivity index (χ0n) is 9.75. The lowest BCUT2D eigenvalue weighted by Crippen LogP contribution is -1.90. The molecule has 0 radical (unpaired) electrons. The highest BCUT2D eigenvalue weighted by molar-refractivity contribution is 7.99. The van der Waals surface area contributed by atoms with Gasteiger partial charge in [-0.05, 0) is 36.8 Å². The van der Waals surface area contributed by atoms with E-state index in [1.165, 1.54) is 41.9 Å². The van der Waals surface area contributed by atoms with Crippen LogP contribution in [0.5, 0.6) is 0 Å². The van der Waals surface area contributed by atoms with Crippen LogP contribution in [-0.2, 0) is 0 Å². The standard InChI is InChI=1S/C13H21NS/c1-3-4-5-6-9-15-13-8-7-11(2)10-12(13)14/h7-8,10H,3-6,9,14H2,1-2H3. The molecular weight excluding hydrogens is 202 g/mol. The molecule has 0 aliphatic heterocycles. The summed E-state index contributed by atoms with van der Waals surface area (Å²) >= 11 is 1.88. The summed E-state index contributed by atoms with van der Waals surface area (Å²) in [6.45, 7) is 4.32. The number of nitrogens with two attached hydrogens (primary N) is 1. The van der Waals surface area contributed by atoms with Gasteiger partial charge >= 0.3 is 0 Å². The lowest BCUT2D eigenvalue weighted by molar-refractivity contribution is 0.706. The predicted octanol–water partition coefficient (Wildman–Crippen LogP) is 4.25. The van der Waals surface area contributed by atoms with Gasteiger partial charge in [0.15, 0.2) is 0 Å². The first kappa shape index (κ1) is 12.4. The molecule has 1 rings (SSSR count). The Morgan fingerprint density at radius 1 is 1.20 bits per heavy atom. The fraction of sp³-hybridized carbons (Fsp3) is 0.538. The van der Waals surface area contributed by atoms with E-state index in [0.29, 0.717) is 0 Å². The van der Waals surface area contributed by atoms with Crippen molar-refractivity contribution in [2.24, 2.45) is 0 Å². The molecule has 0 unspecified atom stereocenters. The zero-order chi connectivity index (χ0) is 11.1. The Morgan fingerprint density at radius 2 is 2.00 bits per heavy atom. The van der Waals surface area contributed by atoms with Gasteiger partial charge in [0.1, 0.15) is 0 Å². The summed E-state index contributed by atoms with van der Waals surface area (Å²) < 4.78 is 0. The van der Waals surface area contributed by atoms with Crippen LogP contribution in [0.2, 0.25) is 0 Å². The molecule has 0 amide bonds. The molecule has 1 nitrogen and oxygen atoms in total. The van der Waals surface area contributed by atoms with E-state index in [1.807, 2.05) is 17.8 Å². The van der Waals surface area contributed by atoms with Crippen molar-refractivity contribution in [2.75, 3.05) is 11.5 Å². The van der Waals surface area contributed by atoms with E-state index in [-0.39, 0.29) is 0 Å². The molecule has 2 N–H and O–H groups in total. The Morgan fingerprint density at radius 3 is 2.67 bits per heavy atom. The lowest BCUT2D eigenvalue weighted by atomic mass is 10.2. The lowest BCUT2D eigenvalue weighted by Gasteiger charge is -2.05. The highest BCUT2D eigenvalue weighted by Crippen LogP contribution is 2.26. The van der Waals surface area contributed by atoms with Crippen LogP contribution in [0.3, 0.4) is 0 Å². The summed E-state index contributed by atoms with van der Waals surface area (Å²) in [5.74, 6) is 1.19. The van der Waals surface area contributed by atoms with Crippen molar-refractivity contribution in [1.29, 1.82) is 0 Å². The monoisotopic (exact) mass is 223 g/mol. The van der Waals surface area contributed by atoms with Gasteiger partial charge in [0.05, 0.1) is 0 Å². The molecule has 0 aliphatic carbocycles. The minimum absolute atomic E-state index is 0.926. The van der Waals surface area contributed by atoms with Gasteiger partial charge in [-0.25, -0.2) is 0 Å². The molecule has 0 aromatic heterocycles. The topological polar surface area (TPSA) is 26.0 Å². The third-order valence-corrected chi connectivity index (χ3v) is 3.60. The van der Waals surface area contributed by atoms with Crippen LogP contribution < -0.4 is 5.73 Å². The van der Waals surface area contributed by atoms with Crippen LogP contribution >= 0.6 is 11.8 Å². The maximum atomic E-state index is 5.94. The van der Waals surface area contributed by atoms with Gasteiger partial charge in [-0.1, -0.05) is 32.3 Å². The first-order valence-corrected chi connectivity index (χ1v) is 6.71. The van der Waals surface area contributed by atoms with E-state index in [9.17, 15) is 0 Å². The van der Waals surface area contributed by atoms with E-state index in [2.05, 4.69) is 26.0 Å². The van der Waals surface area contributed by atoms with E-state index in [0.717, 1.165) is 5.69 Å². The van der Waals surface area contributed by atoms with Gasteiger partial charge in [-0.3, -0.25) is 0 Å². The molecule has 2 heteroatoms. The number of thioether (sulfide) groups is 1. The zero-order valence-corrected chi connectivity index (χ0v) is 10.6. The largest absolute Gasteiger partial charge is 0.398 e. The number of nitrogen functional groups attached to an aromatic ring is 1. The van der Waals surface area contributed by atoms with Crippen molar-refractivity contribution in [1.82, 2.24) is 0 Å². The van der Waals surface area contributed by atoms with Crippen LogP contribution in [0, 0.1) is 6.92 Å². The summed E-state index contributed by atoms with van der Waals surface area (Å²) in [7, 11) is 0. The smallest absolute Gasteiger partial charge is 0.0454 e. The van der Waals surface area contributed by atoms with Gasteiger partial charge in [-0.15, -0.1) is 11.8 Å². The minimum Gasteiger partial charge on any atom is -0.398 e. The molecule has 1 aromatic rings. The number of anilines is 1. The molecular formula is C13H21NS. The first-order valence-electron chi connectivity index (χ1n) is 5.73. The Labute approximate surface area is 97.4 Å². The van der Waals surface area contributed by atoms with Crippen molar-refractivity contribution < 1.29 is 0 Å². The van der Waals surface area contributed by atoms with Gasteiger partial charge in [-0.2, -0.15) is 0 Å². The fourth-order valence-electron chi connectivity index (χ4n) is 1.51. The van der Waals surface area contributed by atoms with Crippen LogP contribution in [0.15, 0.2) is 23.1 Å². The molecule has 0 heterocycles. The number of hydrogen-bond acceptors (Lipinski definition) is 2. The Bertz CT molecular complexity index is 297. The second kappa shape index (κ2) is 6.78. The molecule has 15 heavy (non-hydrogen) atoms. The number of hydrogen-bond donors (Lipinski definition) is 1. The first-order chi connectivity index (χ1) is 7.24. The van der Waals surface area contributed by atoms with Crippen LogP contribution in [0.4, 0.5) is 5.69 Å². The molecule has 0 fully saturated rings. The van der Waals surface area contributed by atoms with E-state index >= 15 is 0 Å². The second-order valence-corrected chi connectivity index (χ2v) is 5.09. The van der Waals surface area contributed by atoms with E-state index in [4.69, 9.17) is 5.73 Å². The van der Waals surface area contributed by atoms with Gasteiger partial charge < -0.3 is 5.73 Å². The molecule has 0 spiro atoms. The molecule has 84 valence electrons. The number of aryl methyl sites for hydroxylation is 1. The normalized spacial score (nSPS) is 10.5. The quantitative estimate of drug-likeness (QED) is 0.443. The summed E-state index contributed by atoms with van der Waals surface area (Å²) in [5.41, 5.74) is 8.11. The van der Waals surface area contributed by atoms with Crippen molar-refractivity contribution in [3.8, 4) is 0 Å². The van der Waals surface area contributed by atoms with Gasteiger partial charge in [0, 0.05) is 10.6 Å². The average Bonchev–Trinajstić information content (AvgIpc) is 2.20. The number of unbranched alkanes of at least 4 members (excludes halogenated alkanes) is 3. The summed E-state index contributed by atoms with van der Waals surface area (Å²) in [6.07, 6.45) is 5.29. The Hall–Kier alpha value is -0.630. The van der Waals surface area contributed by atoms with Crippen molar-refractivity contribution in [3.63, 3.8) is 0 Å². The van der Waals surface area contributed by atoms with Gasteiger partial charge in [0.25, 0.3) is 0 Å². The summed E-state index contributed by atoms with van der Waals surface area (Å²) in [6, 6.07) is 6.31. The number of benzene rings is 1. The van der Waals surface area contributed by atoms with Crippen LogP contribution in [0.25, 0.3) is 0 Å². The highest BCUT2D eigenvalue weighted by Gasteiger charge is 1.99.